The van der Waals surface area contributed by atoms with Crippen molar-refractivity contribution in [3.8, 4) is 0 Å². The smallest absolute Gasteiger partial charge is 0.319 e. The molecule has 2 N–H and O–H groups in total. The van der Waals surface area contributed by atoms with Crippen LogP contribution >= 0.6 is 0 Å². The number of hydrogen-bond acceptors (Lipinski definition) is 5. The van der Waals surface area contributed by atoms with Crippen molar-refractivity contribution in [2.75, 3.05) is 35.3 Å². The minimum atomic E-state index is -0.713. The van der Waals surface area contributed by atoms with Crippen LogP contribution in [0.25, 0.3) is 0 Å². The Morgan fingerprint density at radius 2 is 1.47 bits per heavy atom. The highest BCUT2D eigenvalue weighted by Crippen LogP contribution is 2.18. The minimum Gasteiger partial charge on any atom is -0.329 e. The lowest BCUT2D eigenvalue weighted by Crippen LogP contribution is -2.46. The molecule has 10 heteroatoms. The number of nitrogens with one attached hydrogen (secondary N) is 2. The molecule has 0 radical (unpaired) electrons. The number of nitrogens with zero attached hydrogens (tertiary/aromatic N) is 3. The zero-order chi connectivity index (χ0) is 24.5. The van der Waals surface area contributed by atoms with E-state index in [2.05, 4.69) is 10.6 Å². The summed E-state index contributed by atoms with van der Waals surface area (Å²) in [5, 5.41) is 15.8. The highest BCUT2D eigenvalue weighted by Gasteiger charge is 2.22. The number of likely N-dealkylation sites (N-methyl/N-ethyl adjacent to an activating group) is 1. The van der Waals surface area contributed by atoms with Gasteiger partial charge in [0.05, 0.1) is 11.5 Å². The SMILES string of the molecule is CN(C(=O)CN(C(=O)CNC(=O)Nc1cccc([N+](=O)[O-])c1)c1ccccc1)c1ccccc1. The number of nitro groups is 1. The van der Waals surface area contributed by atoms with E-state index in [0.717, 1.165) is 0 Å². The predicted molar refractivity (Wildman–Crippen MR) is 129 cm³/mol. The van der Waals surface area contributed by atoms with E-state index in [-0.39, 0.29) is 23.8 Å². The second-order valence-electron chi connectivity index (χ2n) is 7.22. The van der Waals surface area contributed by atoms with Crippen molar-refractivity contribution in [1.82, 2.24) is 5.32 Å². The first-order valence-electron chi connectivity index (χ1n) is 10.3. The van der Waals surface area contributed by atoms with E-state index in [1.807, 2.05) is 18.2 Å². The first-order valence-corrected chi connectivity index (χ1v) is 10.3. The molecule has 0 spiro atoms. The number of urea groups is 1. The summed E-state index contributed by atoms with van der Waals surface area (Å²) < 4.78 is 0. The van der Waals surface area contributed by atoms with Gasteiger partial charge in [0, 0.05) is 36.2 Å². The molecule has 10 nitrogen and oxygen atoms in total. The molecule has 3 aromatic carbocycles. The van der Waals surface area contributed by atoms with E-state index in [4.69, 9.17) is 0 Å². The van der Waals surface area contributed by atoms with E-state index in [0.29, 0.717) is 11.4 Å². The Morgan fingerprint density at radius 3 is 2.09 bits per heavy atom. The molecule has 0 atom stereocenters. The Kier molecular flexibility index (Phi) is 7.90. The van der Waals surface area contributed by atoms with Gasteiger partial charge in [0.25, 0.3) is 5.69 Å². The average Bonchev–Trinajstić information content (AvgIpc) is 2.86. The zero-order valence-electron chi connectivity index (χ0n) is 18.4. The van der Waals surface area contributed by atoms with Gasteiger partial charge in [0.15, 0.2) is 0 Å². The van der Waals surface area contributed by atoms with Crippen LogP contribution in [0.2, 0.25) is 0 Å². The number of para-hydroxylation sites is 2. The van der Waals surface area contributed by atoms with Crippen molar-refractivity contribution in [2.24, 2.45) is 0 Å². The largest absolute Gasteiger partial charge is 0.329 e. The number of anilines is 3. The maximum atomic E-state index is 13.0. The molecule has 3 aromatic rings. The number of carbonyl (C=O) groups is 3. The molecule has 174 valence electrons. The van der Waals surface area contributed by atoms with Crippen LogP contribution in [0, 0.1) is 10.1 Å². The van der Waals surface area contributed by atoms with E-state index in [1.165, 1.54) is 34.1 Å². The molecule has 34 heavy (non-hydrogen) atoms. The summed E-state index contributed by atoms with van der Waals surface area (Å²) in [5.41, 5.74) is 1.22. The Hall–Kier alpha value is -4.73. The van der Waals surface area contributed by atoms with Gasteiger partial charge in [-0.3, -0.25) is 19.7 Å². The van der Waals surface area contributed by atoms with Crippen molar-refractivity contribution in [3.63, 3.8) is 0 Å². The predicted octanol–water partition coefficient (Wildman–Crippen LogP) is 3.41. The van der Waals surface area contributed by atoms with Crippen molar-refractivity contribution < 1.29 is 19.3 Å². The van der Waals surface area contributed by atoms with Crippen LogP contribution in [0.15, 0.2) is 84.9 Å². The molecule has 3 rings (SSSR count). The fraction of sp³-hybridized carbons (Fsp3) is 0.125. The van der Waals surface area contributed by atoms with Crippen molar-refractivity contribution in [1.29, 1.82) is 0 Å². The van der Waals surface area contributed by atoms with Crippen LogP contribution < -0.4 is 20.4 Å². The number of amides is 4. The third kappa shape index (κ3) is 6.39. The van der Waals surface area contributed by atoms with E-state index >= 15 is 0 Å². The fourth-order valence-electron chi connectivity index (χ4n) is 3.09. The molecule has 0 aliphatic carbocycles. The summed E-state index contributed by atoms with van der Waals surface area (Å²) in [6, 6.07) is 22.4. The lowest BCUT2D eigenvalue weighted by molar-refractivity contribution is -0.384. The average molecular weight is 461 g/mol. The second kappa shape index (κ2) is 11.2. The van der Waals surface area contributed by atoms with Gasteiger partial charge in [-0.15, -0.1) is 0 Å². The molecule has 0 heterocycles. The molecule has 0 saturated heterocycles. The van der Waals surface area contributed by atoms with Crippen LogP contribution in [0.4, 0.5) is 27.5 Å². The highest BCUT2D eigenvalue weighted by molar-refractivity contribution is 6.05. The maximum absolute atomic E-state index is 13.0. The topological polar surface area (TPSA) is 125 Å². The van der Waals surface area contributed by atoms with Crippen LogP contribution in [-0.4, -0.2) is 42.9 Å². The van der Waals surface area contributed by atoms with Crippen LogP contribution in [0.5, 0.6) is 0 Å². The van der Waals surface area contributed by atoms with Crippen LogP contribution in [0.3, 0.4) is 0 Å². The standard InChI is InChI=1S/C24H23N5O5/c1-27(19-10-4-2-5-11-19)23(31)17-28(20-12-6-3-7-13-20)22(30)16-25-24(32)26-18-9-8-14-21(15-18)29(33)34/h2-15H,16-17H2,1H3,(H2,25,26,32). The van der Waals surface area contributed by atoms with E-state index in [9.17, 15) is 24.5 Å². The first-order chi connectivity index (χ1) is 16.3. The molecule has 0 saturated carbocycles. The van der Waals surface area contributed by atoms with Gasteiger partial charge in [-0.2, -0.15) is 0 Å². The van der Waals surface area contributed by atoms with Gasteiger partial charge in [-0.1, -0.05) is 42.5 Å². The molecule has 0 aromatic heterocycles. The fourth-order valence-corrected chi connectivity index (χ4v) is 3.09. The Balaban J connectivity index is 1.66. The summed E-state index contributed by atoms with van der Waals surface area (Å²) in [7, 11) is 1.62. The molecular weight excluding hydrogens is 438 g/mol. The van der Waals surface area contributed by atoms with E-state index in [1.54, 1.807) is 49.5 Å². The highest BCUT2D eigenvalue weighted by atomic mass is 16.6. The van der Waals surface area contributed by atoms with Gasteiger partial charge < -0.3 is 20.4 Å². The Labute approximate surface area is 195 Å². The summed E-state index contributed by atoms with van der Waals surface area (Å²) >= 11 is 0. The molecular formula is C24H23N5O5. The quantitative estimate of drug-likeness (QED) is 0.393. The van der Waals surface area contributed by atoms with Gasteiger partial charge in [-0.05, 0) is 30.3 Å². The molecule has 4 amide bonds. The summed E-state index contributed by atoms with van der Waals surface area (Å²) in [6.45, 7) is -0.625. The molecule has 0 unspecified atom stereocenters. The van der Waals surface area contributed by atoms with Crippen molar-refractivity contribution in [2.45, 2.75) is 0 Å². The van der Waals surface area contributed by atoms with Gasteiger partial charge in [0.1, 0.15) is 6.54 Å². The zero-order valence-corrected chi connectivity index (χ0v) is 18.4. The molecule has 0 bridgehead atoms. The normalized spacial score (nSPS) is 10.1. The Morgan fingerprint density at radius 1 is 0.853 bits per heavy atom. The van der Waals surface area contributed by atoms with E-state index < -0.39 is 23.4 Å². The number of hydrogen-bond donors (Lipinski definition) is 2. The lowest BCUT2D eigenvalue weighted by Gasteiger charge is -2.25. The van der Waals surface area contributed by atoms with Gasteiger partial charge >= 0.3 is 6.03 Å². The number of rotatable bonds is 8. The van der Waals surface area contributed by atoms with Gasteiger partial charge in [-0.25, -0.2) is 4.79 Å². The molecule has 0 fully saturated rings. The number of carbonyl (C=O) groups excluding carboxylic acids is 3. The number of nitro benzene ring substituents is 1. The van der Waals surface area contributed by atoms with Crippen LogP contribution in [0.1, 0.15) is 0 Å². The van der Waals surface area contributed by atoms with Crippen LogP contribution in [-0.2, 0) is 9.59 Å². The number of non-ortho nitro benzene ring substituents is 1. The second-order valence-corrected chi connectivity index (χ2v) is 7.22. The monoisotopic (exact) mass is 461 g/mol. The molecule has 0 aliphatic rings. The lowest BCUT2D eigenvalue weighted by atomic mass is 10.2. The van der Waals surface area contributed by atoms with Gasteiger partial charge in [0.2, 0.25) is 11.8 Å². The third-order valence-corrected chi connectivity index (χ3v) is 4.89. The summed E-state index contributed by atoms with van der Waals surface area (Å²) in [5.74, 6) is -0.820. The Bertz CT molecular complexity index is 1170. The first kappa shape index (κ1) is 23.9. The third-order valence-electron chi connectivity index (χ3n) is 4.89. The number of benzene rings is 3. The maximum Gasteiger partial charge on any atom is 0.319 e. The van der Waals surface area contributed by atoms with Crippen molar-refractivity contribution >= 4 is 40.6 Å². The summed E-state index contributed by atoms with van der Waals surface area (Å²) in [4.78, 5) is 51.1. The van der Waals surface area contributed by atoms with Crippen molar-refractivity contribution in [3.05, 3.63) is 95.0 Å². The summed E-state index contributed by atoms with van der Waals surface area (Å²) in [6.07, 6.45) is 0. The molecule has 0 aliphatic heterocycles. The minimum absolute atomic E-state index is 0.176.